The number of fused-ring (bicyclic) bond motifs is 1. The quantitative estimate of drug-likeness (QED) is 0.714. The summed E-state index contributed by atoms with van der Waals surface area (Å²) in [4.78, 5) is 8.67. The lowest BCUT2D eigenvalue weighted by molar-refractivity contribution is -0.137. The number of hydrogen-bond donors (Lipinski definition) is 0. The Morgan fingerprint density at radius 3 is 2.44 bits per heavy atom. The number of benzene rings is 1. The molecule has 1 aromatic carbocycles. The molecule has 1 aliphatic heterocycles. The molecule has 1 saturated heterocycles. The van der Waals surface area contributed by atoms with E-state index in [9.17, 15) is 13.2 Å². The fourth-order valence-corrected chi connectivity index (χ4v) is 3.05. The summed E-state index contributed by atoms with van der Waals surface area (Å²) in [5, 5.41) is 4.12. The largest absolute Gasteiger partial charge is 0.416 e. The highest BCUT2D eigenvalue weighted by atomic mass is 19.4. The first-order chi connectivity index (χ1) is 12.0. The lowest BCUT2D eigenvalue weighted by Crippen LogP contribution is -2.46. The van der Waals surface area contributed by atoms with Gasteiger partial charge in [0.2, 0.25) is 0 Å². The highest BCUT2D eigenvalue weighted by molar-refractivity contribution is 5.53. The first-order valence-electron chi connectivity index (χ1n) is 7.98. The molecule has 25 heavy (non-hydrogen) atoms. The Hall–Kier alpha value is -2.77. The molecule has 1 fully saturated rings. The molecule has 5 nitrogen and oxygen atoms in total. The van der Waals surface area contributed by atoms with Crippen molar-refractivity contribution in [2.75, 3.05) is 36.0 Å². The molecule has 130 valence electrons. The average Bonchev–Trinajstić information content (AvgIpc) is 3.09. The molecule has 0 amide bonds. The molecule has 0 N–H and O–H groups in total. The predicted molar refractivity (Wildman–Crippen MR) is 88.9 cm³/mol. The van der Waals surface area contributed by atoms with E-state index in [0.29, 0.717) is 31.9 Å². The van der Waals surface area contributed by atoms with Gasteiger partial charge in [-0.15, -0.1) is 0 Å². The maximum atomic E-state index is 12.9. The van der Waals surface area contributed by atoms with Crippen LogP contribution >= 0.6 is 0 Å². The van der Waals surface area contributed by atoms with Crippen molar-refractivity contribution in [2.45, 2.75) is 6.18 Å². The maximum absolute atomic E-state index is 12.9. The molecular weight excluding hydrogens is 331 g/mol. The number of anilines is 2. The molecular formula is C17H16F3N5. The fourth-order valence-electron chi connectivity index (χ4n) is 3.05. The molecule has 0 radical (unpaired) electrons. The Labute approximate surface area is 142 Å². The number of hydrogen-bond acceptors (Lipinski definition) is 4. The molecule has 8 heteroatoms. The van der Waals surface area contributed by atoms with E-state index in [2.05, 4.69) is 15.0 Å². The molecule has 0 saturated carbocycles. The second-order valence-electron chi connectivity index (χ2n) is 5.94. The van der Waals surface area contributed by atoms with Crippen molar-refractivity contribution in [3.05, 3.63) is 54.4 Å². The maximum Gasteiger partial charge on any atom is 0.416 e. The van der Waals surface area contributed by atoms with Gasteiger partial charge in [0.1, 0.15) is 5.82 Å². The van der Waals surface area contributed by atoms with E-state index in [1.165, 1.54) is 12.1 Å². The summed E-state index contributed by atoms with van der Waals surface area (Å²) in [6.45, 7) is 2.70. The van der Waals surface area contributed by atoms with Crippen LogP contribution in [0.1, 0.15) is 5.56 Å². The Kier molecular flexibility index (Phi) is 3.74. The van der Waals surface area contributed by atoms with Crippen LogP contribution in [0.25, 0.3) is 5.65 Å². The Balaban J connectivity index is 1.48. The first kappa shape index (κ1) is 15.7. The normalized spacial score (nSPS) is 15.8. The number of halogens is 3. The van der Waals surface area contributed by atoms with Crippen molar-refractivity contribution in [1.82, 2.24) is 14.6 Å². The molecule has 0 atom stereocenters. The average molecular weight is 347 g/mol. The van der Waals surface area contributed by atoms with E-state index in [4.69, 9.17) is 0 Å². The van der Waals surface area contributed by atoms with Crippen molar-refractivity contribution >= 4 is 17.2 Å². The number of aromatic nitrogens is 3. The topological polar surface area (TPSA) is 36.7 Å². The zero-order valence-corrected chi connectivity index (χ0v) is 13.3. The van der Waals surface area contributed by atoms with Crippen LogP contribution in [-0.2, 0) is 6.18 Å². The second kappa shape index (κ2) is 5.94. The molecule has 3 heterocycles. The van der Waals surface area contributed by atoms with Gasteiger partial charge in [0, 0.05) is 44.1 Å². The van der Waals surface area contributed by atoms with Gasteiger partial charge in [0.05, 0.1) is 11.8 Å². The van der Waals surface area contributed by atoms with Crippen LogP contribution in [-0.4, -0.2) is 40.8 Å². The third-order valence-corrected chi connectivity index (χ3v) is 4.39. The lowest BCUT2D eigenvalue weighted by Gasteiger charge is -2.36. The van der Waals surface area contributed by atoms with Crippen LogP contribution in [0.2, 0.25) is 0 Å². The second-order valence-corrected chi connectivity index (χ2v) is 5.94. The van der Waals surface area contributed by atoms with Crippen LogP contribution in [0.4, 0.5) is 24.7 Å². The summed E-state index contributed by atoms with van der Waals surface area (Å²) in [7, 11) is 0. The van der Waals surface area contributed by atoms with Gasteiger partial charge in [-0.05, 0) is 24.3 Å². The molecule has 0 bridgehead atoms. The van der Waals surface area contributed by atoms with Gasteiger partial charge in [-0.25, -0.2) is 9.50 Å². The summed E-state index contributed by atoms with van der Waals surface area (Å²) in [5.41, 5.74) is 0.770. The van der Waals surface area contributed by atoms with E-state index in [1.54, 1.807) is 16.8 Å². The Bertz CT molecular complexity index is 881. The summed E-state index contributed by atoms with van der Waals surface area (Å²) in [6, 6.07) is 9.24. The number of piperazine rings is 1. The first-order valence-corrected chi connectivity index (χ1v) is 7.98. The zero-order valence-electron chi connectivity index (χ0n) is 13.3. The minimum Gasteiger partial charge on any atom is -0.368 e. The minimum atomic E-state index is -4.32. The van der Waals surface area contributed by atoms with Crippen molar-refractivity contribution in [2.24, 2.45) is 0 Å². The lowest BCUT2D eigenvalue weighted by atomic mass is 10.1. The van der Waals surface area contributed by atoms with Crippen LogP contribution < -0.4 is 9.80 Å². The van der Waals surface area contributed by atoms with Gasteiger partial charge in [-0.3, -0.25) is 0 Å². The van der Waals surface area contributed by atoms with Gasteiger partial charge in [0.25, 0.3) is 0 Å². The number of rotatable bonds is 2. The molecule has 0 unspecified atom stereocenters. The monoisotopic (exact) mass is 347 g/mol. The highest BCUT2D eigenvalue weighted by Crippen LogP contribution is 2.32. The van der Waals surface area contributed by atoms with E-state index in [0.717, 1.165) is 17.5 Å². The van der Waals surface area contributed by atoms with Crippen LogP contribution in [0.5, 0.6) is 0 Å². The van der Waals surface area contributed by atoms with Gasteiger partial charge in [0.15, 0.2) is 5.65 Å². The van der Waals surface area contributed by atoms with Gasteiger partial charge in [-0.1, -0.05) is 6.07 Å². The Morgan fingerprint density at radius 1 is 0.920 bits per heavy atom. The van der Waals surface area contributed by atoms with Crippen LogP contribution in [0.3, 0.4) is 0 Å². The molecule has 3 aromatic rings. The van der Waals surface area contributed by atoms with Crippen LogP contribution in [0, 0.1) is 0 Å². The van der Waals surface area contributed by atoms with Crippen LogP contribution in [0.15, 0.2) is 48.8 Å². The van der Waals surface area contributed by atoms with E-state index >= 15 is 0 Å². The van der Waals surface area contributed by atoms with E-state index in [-0.39, 0.29) is 0 Å². The summed E-state index contributed by atoms with van der Waals surface area (Å²) in [5.74, 6) is 0.858. The molecule has 1 aliphatic rings. The van der Waals surface area contributed by atoms with E-state index in [1.807, 2.05) is 23.2 Å². The van der Waals surface area contributed by atoms with E-state index < -0.39 is 11.7 Å². The predicted octanol–water partition coefficient (Wildman–Crippen LogP) is 3.07. The standard InChI is InChI=1S/C17H16F3N5/c18-17(19,20)13-2-1-3-14(12-13)23-8-10-24(11-9-23)15-5-7-25-16(22-15)4-6-21-25/h1-7,12H,8-11H2. The van der Waals surface area contributed by atoms with Gasteiger partial charge < -0.3 is 9.80 Å². The van der Waals surface area contributed by atoms with Crippen molar-refractivity contribution in [3.8, 4) is 0 Å². The number of alkyl halides is 3. The third kappa shape index (κ3) is 3.11. The Morgan fingerprint density at radius 2 is 1.68 bits per heavy atom. The number of nitrogens with zero attached hydrogens (tertiary/aromatic N) is 5. The summed E-state index contributed by atoms with van der Waals surface area (Å²) < 4.78 is 40.3. The molecule has 4 rings (SSSR count). The van der Waals surface area contributed by atoms with Gasteiger partial charge in [-0.2, -0.15) is 18.3 Å². The highest BCUT2D eigenvalue weighted by Gasteiger charge is 2.31. The summed E-state index contributed by atoms with van der Waals surface area (Å²) >= 11 is 0. The van der Waals surface area contributed by atoms with Gasteiger partial charge >= 0.3 is 6.18 Å². The molecule has 2 aromatic heterocycles. The smallest absolute Gasteiger partial charge is 0.368 e. The summed E-state index contributed by atoms with van der Waals surface area (Å²) in [6.07, 6.45) is -0.767. The molecule has 0 aliphatic carbocycles. The zero-order chi connectivity index (χ0) is 17.4. The van der Waals surface area contributed by atoms with Crippen molar-refractivity contribution < 1.29 is 13.2 Å². The fraction of sp³-hybridized carbons (Fsp3) is 0.294. The molecule has 0 spiro atoms. The van der Waals surface area contributed by atoms with Crippen molar-refractivity contribution in [3.63, 3.8) is 0 Å². The SMILES string of the molecule is FC(F)(F)c1cccc(N2CCN(c3ccn4nccc4n3)CC2)c1. The third-order valence-electron chi connectivity index (χ3n) is 4.39. The van der Waals surface area contributed by atoms with Crippen molar-refractivity contribution in [1.29, 1.82) is 0 Å². The minimum absolute atomic E-state index is 0.605.